The van der Waals surface area contributed by atoms with Gasteiger partial charge in [-0.25, -0.2) is 9.59 Å². The van der Waals surface area contributed by atoms with Crippen LogP contribution < -0.4 is 0 Å². The van der Waals surface area contributed by atoms with Crippen LogP contribution >= 0.6 is 0 Å². The fraction of sp³-hybridized carbons (Fsp3) is 0.0714. The number of benzene rings is 2. The van der Waals surface area contributed by atoms with Crippen molar-refractivity contribution in [1.82, 2.24) is 0 Å². The summed E-state index contributed by atoms with van der Waals surface area (Å²) in [6.45, 7) is 9.20. The number of rotatable bonds is 2. The second-order valence-corrected chi connectivity index (χ2v) is 6.48. The Morgan fingerprint density at radius 3 is 1.21 bits per heavy atom. The summed E-state index contributed by atoms with van der Waals surface area (Å²) < 4.78 is 0. The van der Waals surface area contributed by atoms with Crippen molar-refractivity contribution >= 4 is 41.1 Å². The van der Waals surface area contributed by atoms with Gasteiger partial charge in [-0.1, -0.05) is 25.3 Å². The summed E-state index contributed by atoms with van der Waals surface area (Å²) in [6.07, 6.45) is 0. The van der Waals surface area contributed by atoms with Gasteiger partial charge in [0.15, 0.2) is 0 Å². The van der Waals surface area contributed by atoms with E-state index >= 15 is 0 Å². The maximum Gasteiger partial charge on any atom is -0.0809 e. The summed E-state index contributed by atoms with van der Waals surface area (Å²) in [4.78, 5) is 19.2. The molecule has 0 amide bonds. The third-order valence-corrected chi connectivity index (χ3v) is 3.83. The Balaban J connectivity index is -0.000000368. The molecule has 0 bridgehead atoms. The van der Waals surface area contributed by atoms with E-state index in [2.05, 4.69) is 106 Å². The van der Waals surface area contributed by atoms with Gasteiger partial charge in [0, 0.05) is 11.1 Å². The van der Waals surface area contributed by atoms with Crippen LogP contribution in [0, 0.1) is 14.9 Å². The number of carboxylic acids is 2. The molecular formula is C28H32O4SiTi-4. The molecule has 180 valence electrons. The average Bonchev–Trinajstić information content (AvgIpc) is 3.45. The molecule has 2 N–H and O–H groups in total. The van der Waals surface area contributed by atoms with Crippen LogP contribution in [0.3, 0.4) is 0 Å². The van der Waals surface area contributed by atoms with Crippen molar-refractivity contribution < 1.29 is 39.0 Å². The Hall–Kier alpha value is -2.99. The van der Waals surface area contributed by atoms with E-state index in [1.807, 2.05) is 0 Å². The van der Waals surface area contributed by atoms with Gasteiger partial charge in [0.05, 0.1) is 0 Å². The molecule has 6 heteroatoms. The van der Waals surface area contributed by atoms with E-state index in [4.69, 9.17) is 10.2 Å². The molecular weight excluding hydrogens is 476 g/mol. The number of hydrogen-bond acceptors (Lipinski definition) is 2. The van der Waals surface area contributed by atoms with Gasteiger partial charge in [-0.2, -0.15) is 35.0 Å². The van der Waals surface area contributed by atoms with Crippen LogP contribution in [0.5, 0.6) is 0 Å². The van der Waals surface area contributed by atoms with E-state index in [9.17, 15) is 9.59 Å². The molecule has 0 heterocycles. The molecule has 0 unspecified atom stereocenters. The van der Waals surface area contributed by atoms with E-state index in [-0.39, 0.29) is 26.0 Å². The third-order valence-electron chi connectivity index (χ3n) is 3.83. The third kappa shape index (κ3) is 15.0. The molecule has 0 aliphatic carbocycles. The van der Waals surface area contributed by atoms with Crippen molar-refractivity contribution in [3.8, 4) is 0 Å². The van der Waals surface area contributed by atoms with E-state index in [1.54, 1.807) is 19.2 Å². The Kier molecular flexibility index (Phi) is 21.6. The molecule has 0 fully saturated rings. The van der Waals surface area contributed by atoms with Crippen LogP contribution in [0.4, 0.5) is 0 Å². The SMILES string of the molecule is C=C(C)C(=O)O.C=C(C)C(=O)O.[CH3-].[CH3-].[Si]=[Ti].c1ccc2[cH-]ccc2c1.c1ccc2[cH-]ccc2c1. The minimum atomic E-state index is -0.935. The van der Waals surface area contributed by atoms with Crippen LogP contribution in [-0.2, 0) is 28.8 Å². The predicted octanol–water partition coefficient (Wildman–Crippen LogP) is 6.93. The summed E-state index contributed by atoms with van der Waals surface area (Å²) in [7, 11) is 2.97. The minimum absolute atomic E-state index is 0. The van der Waals surface area contributed by atoms with Crippen LogP contribution in [-0.4, -0.2) is 29.8 Å². The zero-order chi connectivity index (χ0) is 24.5. The van der Waals surface area contributed by atoms with Gasteiger partial charge >= 0.3 is 38.7 Å². The van der Waals surface area contributed by atoms with E-state index in [0.29, 0.717) is 0 Å². The second kappa shape index (κ2) is 20.6. The van der Waals surface area contributed by atoms with E-state index in [1.165, 1.54) is 35.4 Å². The summed E-state index contributed by atoms with van der Waals surface area (Å²) in [6, 6.07) is 29.3. The summed E-state index contributed by atoms with van der Waals surface area (Å²) >= 11 is 1.81. The molecule has 0 aliphatic heterocycles. The van der Waals surface area contributed by atoms with Crippen LogP contribution in [0.15, 0.2) is 109 Å². The van der Waals surface area contributed by atoms with Crippen molar-refractivity contribution in [1.29, 1.82) is 0 Å². The van der Waals surface area contributed by atoms with Crippen LogP contribution in [0.2, 0.25) is 0 Å². The predicted molar refractivity (Wildman–Crippen MR) is 143 cm³/mol. The molecule has 4 aromatic carbocycles. The minimum Gasteiger partial charge on any atom is -0.168 e. The monoisotopic (exact) mass is 508 g/mol. The van der Waals surface area contributed by atoms with Gasteiger partial charge < -0.3 is 25.1 Å². The van der Waals surface area contributed by atoms with Crippen molar-refractivity contribution in [3.05, 3.63) is 124 Å². The van der Waals surface area contributed by atoms with Gasteiger partial charge in [-0.3, -0.25) is 0 Å². The number of fused-ring (bicyclic) bond motifs is 2. The number of carboxylic acid groups (broad SMARTS) is 2. The molecule has 34 heavy (non-hydrogen) atoms. The van der Waals surface area contributed by atoms with Crippen molar-refractivity contribution in [3.63, 3.8) is 0 Å². The summed E-state index contributed by atoms with van der Waals surface area (Å²) in [5, 5.41) is 21.1. The Bertz CT molecular complexity index is 967. The molecule has 0 aliphatic rings. The zero-order valence-corrected chi connectivity index (χ0v) is 22.8. The molecule has 0 saturated heterocycles. The number of hydrogen-bond donors (Lipinski definition) is 2. The zero-order valence-electron chi connectivity index (χ0n) is 20.2. The molecule has 2 radical (unpaired) electrons. The van der Waals surface area contributed by atoms with Crippen LogP contribution in [0.25, 0.3) is 21.5 Å². The fourth-order valence-corrected chi connectivity index (χ4v) is 2.14. The fourth-order valence-electron chi connectivity index (χ4n) is 2.14. The Morgan fingerprint density at radius 2 is 0.971 bits per heavy atom. The first kappa shape index (κ1) is 35.6. The molecule has 0 atom stereocenters. The average molecular weight is 509 g/mol. The normalized spacial score (nSPS) is 8.15. The van der Waals surface area contributed by atoms with Crippen molar-refractivity contribution in [2.75, 3.05) is 0 Å². The van der Waals surface area contributed by atoms with Gasteiger partial charge in [-0.05, 0) is 13.8 Å². The van der Waals surface area contributed by atoms with Gasteiger partial charge in [0.1, 0.15) is 0 Å². The molecule has 4 aromatic rings. The first-order valence-corrected chi connectivity index (χ1v) is 12.3. The van der Waals surface area contributed by atoms with Gasteiger partial charge in [0.25, 0.3) is 0 Å². The standard InChI is InChI=1S/2C9H7.2C4H6O2.2CH3.Si.Ti/c2*1-2-5-9-7-3-6-8(9)4-1;2*1-3(2)4(5)6;;;;/h2*1-7H;2*1H2,2H3,(H,5,6);2*1H3;;/q2*-1;;;2*-1;;. The van der Waals surface area contributed by atoms with Crippen molar-refractivity contribution in [2.45, 2.75) is 13.8 Å². The molecule has 0 saturated carbocycles. The maximum atomic E-state index is 9.60. The molecule has 4 nitrogen and oxygen atoms in total. The largest absolute Gasteiger partial charge is 0.168 e. The number of aliphatic carboxylic acids is 2. The second-order valence-electron chi connectivity index (χ2n) is 6.48. The Morgan fingerprint density at radius 1 is 0.706 bits per heavy atom. The van der Waals surface area contributed by atoms with Gasteiger partial charge in [0.2, 0.25) is 0 Å². The first-order valence-electron chi connectivity index (χ1n) is 9.46. The van der Waals surface area contributed by atoms with E-state index < -0.39 is 11.9 Å². The summed E-state index contributed by atoms with van der Waals surface area (Å²) in [5.41, 5.74) is 0.352. The Labute approximate surface area is 217 Å². The summed E-state index contributed by atoms with van der Waals surface area (Å²) in [5.74, 6) is -1.87. The molecule has 0 spiro atoms. The van der Waals surface area contributed by atoms with E-state index in [0.717, 1.165) is 0 Å². The van der Waals surface area contributed by atoms with Crippen LogP contribution in [0.1, 0.15) is 13.8 Å². The molecule has 0 aromatic heterocycles. The molecule has 4 rings (SSSR count). The van der Waals surface area contributed by atoms with Gasteiger partial charge in [-0.15, -0.1) is 59.3 Å². The smallest absolute Gasteiger partial charge is 0.0809 e. The quantitative estimate of drug-likeness (QED) is 0.175. The number of carbonyl (C=O) groups is 2. The maximum absolute atomic E-state index is 9.60. The topological polar surface area (TPSA) is 74.6 Å². The first-order chi connectivity index (χ1) is 15.2. The van der Waals surface area contributed by atoms with Crippen molar-refractivity contribution in [2.24, 2.45) is 0 Å².